The van der Waals surface area contributed by atoms with Gasteiger partial charge in [-0.15, -0.1) is 0 Å². The molecule has 0 radical (unpaired) electrons. The summed E-state index contributed by atoms with van der Waals surface area (Å²) in [6.45, 7) is 8.75. The van der Waals surface area contributed by atoms with Gasteiger partial charge in [0.05, 0.1) is 0 Å². The van der Waals surface area contributed by atoms with Crippen LogP contribution < -0.4 is 0 Å². The number of allylic oxidation sites excluding steroid dienone is 1. The van der Waals surface area contributed by atoms with Crippen molar-refractivity contribution >= 4 is 11.9 Å². The minimum Gasteiger partial charge on any atom is -0.462 e. The third-order valence-corrected chi connectivity index (χ3v) is 10.3. The molecule has 1 aliphatic heterocycles. The molecule has 0 spiro atoms. The summed E-state index contributed by atoms with van der Waals surface area (Å²) in [4.78, 5) is 23.4. The van der Waals surface area contributed by atoms with E-state index in [9.17, 15) is 9.59 Å². The summed E-state index contributed by atoms with van der Waals surface area (Å²) in [6, 6.07) is 0. The zero-order chi connectivity index (χ0) is 21.3. The highest BCUT2D eigenvalue weighted by Gasteiger charge is 2.63. The Labute approximate surface area is 181 Å². The average Bonchev–Trinajstić information content (AvgIpc) is 3.21. The summed E-state index contributed by atoms with van der Waals surface area (Å²) >= 11 is 0. The summed E-state index contributed by atoms with van der Waals surface area (Å²) < 4.78 is 11.5. The van der Waals surface area contributed by atoms with E-state index in [1.165, 1.54) is 39.0 Å². The van der Waals surface area contributed by atoms with Crippen molar-refractivity contribution in [3.8, 4) is 0 Å². The summed E-state index contributed by atoms with van der Waals surface area (Å²) in [5, 5.41) is 0. The predicted octanol–water partition coefficient (Wildman–Crippen LogP) is 5.59. The standard InChI is InChI=1S/C26H38O4/c1-16(27)29-18-9-12-24(2)17(15-18)5-6-19-20-7-8-22(25(20,3)13-10-21(19)24)26(4)14-11-23(28)30-26/h5,18-22H,6-15H2,1-4H3/t18-,19+,20-,21-,22+,24-,25-,26+/m1/s1. The number of rotatable bonds is 2. The van der Waals surface area contributed by atoms with Crippen LogP contribution in [0.15, 0.2) is 11.6 Å². The van der Waals surface area contributed by atoms with E-state index in [1.807, 2.05) is 0 Å². The fraction of sp³-hybridized carbons (Fsp3) is 0.846. The van der Waals surface area contributed by atoms with Crippen LogP contribution in [0.2, 0.25) is 0 Å². The van der Waals surface area contributed by atoms with Crippen LogP contribution in [-0.4, -0.2) is 23.6 Å². The number of hydrogen-bond acceptors (Lipinski definition) is 4. The fourth-order valence-electron chi connectivity index (χ4n) is 8.92. The first-order chi connectivity index (χ1) is 14.2. The van der Waals surface area contributed by atoms with Gasteiger partial charge in [0.25, 0.3) is 0 Å². The second-order valence-electron chi connectivity index (χ2n) is 11.7. The molecule has 1 heterocycles. The largest absolute Gasteiger partial charge is 0.462 e. The molecule has 4 heteroatoms. The fourth-order valence-corrected chi connectivity index (χ4v) is 8.92. The second-order valence-corrected chi connectivity index (χ2v) is 11.7. The maximum atomic E-state index is 11.9. The Bertz CT molecular complexity index is 786. The lowest BCUT2D eigenvalue weighted by molar-refractivity contribution is -0.159. The van der Waals surface area contributed by atoms with Gasteiger partial charge in [0.2, 0.25) is 0 Å². The van der Waals surface area contributed by atoms with E-state index in [0.717, 1.165) is 43.4 Å². The van der Waals surface area contributed by atoms with Crippen LogP contribution >= 0.6 is 0 Å². The first-order valence-electron chi connectivity index (χ1n) is 12.2. The van der Waals surface area contributed by atoms with Crippen molar-refractivity contribution in [2.45, 2.75) is 104 Å². The Hall–Kier alpha value is -1.32. The first kappa shape index (κ1) is 20.6. The predicted molar refractivity (Wildman–Crippen MR) is 114 cm³/mol. The van der Waals surface area contributed by atoms with Gasteiger partial charge in [-0.05, 0) is 86.9 Å². The van der Waals surface area contributed by atoms with Crippen molar-refractivity contribution in [1.82, 2.24) is 0 Å². The van der Waals surface area contributed by atoms with Crippen molar-refractivity contribution in [2.24, 2.45) is 34.5 Å². The Morgan fingerprint density at radius 3 is 2.57 bits per heavy atom. The van der Waals surface area contributed by atoms with Gasteiger partial charge in [0, 0.05) is 25.7 Å². The molecule has 166 valence electrons. The maximum absolute atomic E-state index is 11.9. The van der Waals surface area contributed by atoms with Gasteiger partial charge in [-0.1, -0.05) is 25.5 Å². The van der Waals surface area contributed by atoms with E-state index in [1.54, 1.807) is 5.57 Å². The molecule has 0 aromatic rings. The van der Waals surface area contributed by atoms with Gasteiger partial charge in [-0.2, -0.15) is 0 Å². The van der Waals surface area contributed by atoms with Crippen LogP contribution in [0, 0.1) is 34.5 Å². The Morgan fingerprint density at radius 1 is 1.07 bits per heavy atom. The van der Waals surface area contributed by atoms with Gasteiger partial charge in [-0.3, -0.25) is 9.59 Å². The molecule has 1 saturated heterocycles. The average molecular weight is 415 g/mol. The lowest BCUT2D eigenvalue weighted by Gasteiger charge is -2.59. The second kappa shape index (κ2) is 6.84. The summed E-state index contributed by atoms with van der Waals surface area (Å²) in [7, 11) is 0. The van der Waals surface area contributed by atoms with Crippen LogP contribution in [0.4, 0.5) is 0 Å². The molecule has 30 heavy (non-hydrogen) atoms. The summed E-state index contributed by atoms with van der Waals surface area (Å²) in [5.74, 6) is 2.57. The van der Waals surface area contributed by atoms with E-state index < -0.39 is 0 Å². The lowest BCUT2D eigenvalue weighted by atomic mass is 9.46. The first-order valence-corrected chi connectivity index (χ1v) is 12.2. The van der Waals surface area contributed by atoms with Gasteiger partial charge in [-0.25, -0.2) is 0 Å². The summed E-state index contributed by atoms with van der Waals surface area (Å²) in [5.41, 5.74) is 1.85. The van der Waals surface area contributed by atoms with E-state index >= 15 is 0 Å². The molecule has 0 amide bonds. The summed E-state index contributed by atoms with van der Waals surface area (Å²) in [6.07, 6.45) is 13.3. The van der Waals surface area contributed by atoms with Crippen LogP contribution in [0.5, 0.6) is 0 Å². The number of hydrogen-bond donors (Lipinski definition) is 0. The third-order valence-electron chi connectivity index (χ3n) is 10.3. The minimum atomic E-state index is -0.255. The number of fused-ring (bicyclic) bond motifs is 5. The zero-order valence-corrected chi connectivity index (χ0v) is 19.2. The van der Waals surface area contributed by atoms with Crippen molar-refractivity contribution in [1.29, 1.82) is 0 Å². The minimum absolute atomic E-state index is 0.000489. The lowest BCUT2D eigenvalue weighted by Crippen LogP contribution is -2.53. The monoisotopic (exact) mass is 414 g/mol. The zero-order valence-electron chi connectivity index (χ0n) is 19.2. The smallest absolute Gasteiger partial charge is 0.306 e. The van der Waals surface area contributed by atoms with Gasteiger partial charge in [0.15, 0.2) is 0 Å². The van der Waals surface area contributed by atoms with Crippen molar-refractivity contribution in [3.63, 3.8) is 0 Å². The van der Waals surface area contributed by atoms with Crippen molar-refractivity contribution < 1.29 is 19.1 Å². The molecule has 8 atom stereocenters. The van der Waals surface area contributed by atoms with E-state index in [4.69, 9.17) is 9.47 Å². The number of carbonyl (C=O) groups excluding carboxylic acids is 2. The van der Waals surface area contributed by atoms with E-state index in [-0.39, 0.29) is 34.5 Å². The number of cyclic esters (lactones) is 1. The van der Waals surface area contributed by atoms with Gasteiger partial charge in [0.1, 0.15) is 11.7 Å². The molecule has 4 nitrogen and oxygen atoms in total. The van der Waals surface area contributed by atoms with Crippen LogP contribution in [0.1, 0.15) is 91.9 Å². The molecule has 4 aliphatic carbocycles. The molecule has 3 saturated carbocycles. The molecule has 4 fully saturated rings. The van der Waals surface area contributed by atoms with Crippen molar-refractivity contribution in [3.05, 3.63) is 11.6 Å². The number of carbonyl (C=O) groups is 2. The Morgan fingerprint density at radius 2 is 1.87 bits per heavy atom. The molecule has 5 aliphatic rings. The maximum Gasteiger partial charge on any atom is 0.306 e. The van der Waals surface area contributed by atoms with E-state index in [2.05, 4.69) is 26.8 Å². The highest BCUT2D eigenvalue weighted by molar-refractivity contribution is 5.72. The quantitative estimate of drug-likeness (QED) is 0.436. The molecule has 0 aromatic heterocycles. The Balaban J connectivity index is 1.39. The molecule has 5 rings (SSSR count). The Kier molecular flexibility index (Phi) is 4.69. The molecule has 0 aromatic carbocycles. The third kappa shape index (κ3) is 2.92. The molecule has 0 bridgehead atoms. The number of ether oxygens (including phenoxy) is 2. The van der Waals surface area contributed by atoms with Crippen LogP contribution in [0.25, 0.3) is 0 Å². The normalized spacial score (nSPS) is 50.1. The van der Waals surface area contributed by atoms with Crippen LogP contribution in [-0.2, 0) is 19.1 Å². The molecular weight excluding hydrogens is 376 g/mol. The molecule has 0 N–H and O–H groups in total. The highest BCUT2D eigenvalue weighted by atomic mass is 16.6. The SMILES string of the molecule is CC(=O)O[C@@H]1CC[C@]2(C)C(=CC[C@H]3[C@H]4CC[C@H]([C@]5(C)CCC(=O)O5)[C@]4(C)CC[C@H]32)C1. The number of esters is 2. The highest BCUT2D eigenvalue weighted by Crippen LogP contribution is 2.68. The van der Waals surface area contributed by atoms with Gasteiger partial charge < -0.3 is 9.47 Å². The van der Waals surface area contributed by atoms with Crippen LogP contribution in [0.3, 0.4) is 0 Å². The molecular formula is C26H38O4. The van der Waals surface area contributed by atoms with Gasteiger partial charge >= 0.3 is 11.9 Å². The topological polar surface area (TPSA) is 52.6 Å². The van der Waals surface area contributed by atoms with Crippen molar-refractivity contribution in [2.75, 3.05) is 0 Å². The van der Waals surface area contributed by atoms with E-state index in [0.29, 0.717) is 12.3 Å². The molecule has 0 unspecified atom stereocenters.